The highest BCUT2D eigenvalue weighted by Crippen LogP contribution is 2.26. The Morgan fingerprint density at radius 1 is 1.21 bits per heavy atom. The fourth-order valence-corrected chi connectivity index (χ4v) is 2.01. The van der Waals surface area contributed by atoms with Gasteiger partial charge in [-0.2, -0.15) is 0 Å². The van der Waals surface area contributed by atoms with E-state index < -0.39 is 0 Å². The van der Waals surface area contributed by atoms with Crippen LogP contribution in [0.3, 0.4) is 0 Å². The van der Waals surface area contributed by atoms with Crippen LogP contribution in [0.5, 0.6) is 5.75 Å². The molecular formula is C16H19NO2. The van der Waals surface area contributed by atoms with Crippen LogP contribution in [0.2, 0.25) is 0 Å². The molecule has 0 aliphatic carbocycles. The van der Waals surface area contributed by atoms with E-state index in [-0.39, 0.29) is 5.56 Å². The molecule has 0 radical (unpaired) electrons. The van der Waals surface area contributed by atoms with Gasteiger partial charge in [0.1, 0.15) is 12.4 Å². The van der Waals surface area contributed by atoms with E-state index in [0.717, 1.165) is 28.6 Å². The van der Waals surface area contributed by atoms with Crippen LogP contribution in [0.1, 0.15) is 24.5 Å². The summed E-state index contributed by atoms with van der Waals surface area (Å²) in [5, 5.41) is 0.960. The molecule has 0 aliphatic heterocycles. The van der Waals surface area contributed by atoms with Crippen LogP contribution in [0.4, 0.5) is 0 Å². The van der Waals surface area contributed by atoms with Crippen molar-refractivity contribution in [2.45, 2.75) is 27.2 Å². The first-order chi connectivity index (χ1) is 9.13. The van der Waals surface area contributed by atoms with E-state index in [1.54, 1.807) is 6.92 Å². The van der Waals surface area contributed by atoms with Crippen LogP contribution < -0.4 is 10.3 Å². The number of aromatic amines is 1. The molecule has 0 unspecified atom stereocenters. The molecule has 1 heterocycles. The van der Waals surface area contributed by atoms with Gasteiger partial charge in [-0.25, -0.2) is 0 Å². The summed E-state index contributed by atoms with van der Waals surface area (Å²) in [6.45, 7) is 6.42. The zero-order valence-electron chi connectivity index (χ0n) is 11.6. The number of allylic oxidation sites excluding steroid dienone is 1. The van der Waals surface area contributed by atoms with E-state index in [9.17, 15) is 4.79 Å². The van der Waals surface area contributed by atoms with Crippen molar-refractivity contribution in [3.63, 3.8) is 0 Å². The number of H-pyrrole nitrogens is 1. The second kappa shape index (κ2) is 5.74. The Kier molecular flexibility index (Phi) is 4.05. The van der Waals surface area contributed by atoms with Gasteiger partial charge in [0.15, 0.2) is 0 Å². The van der Waals surface area contributed by atoms with Gasteiger partial charge in [0.2, 0.25) is 0 Å². The third-order valence-electron chi connectivity index (χ3n) is 3.11. The molecule has 0 saturated heterocycles. The second-order valence-corrected chi connectivity index (χ2v) is 4.64. The average Bonchev–Trinajstić information content (AvgIpc) is 2.39. The van der Waals surface area contributed by atoms with Gasteiger partial charge in [0.25, 0.3) is 5.56 Å². The van der Waals surface area contributed by atoms with Crippen molar-refractivity contribution >= 4 is 10.9 Å². The van der Waals surface area contributed by atoms with Gasteiger partial charge in [-0.3, -0.25) is 4.79 Å². The highest BCUT2D eigenvalue weighted by molar-refractivity contribution is 5.88. The Bertz CT molecular complexity index is 668. The number of aromatic nitrogens is 1. The van der Waals surface area contributed by atoms with Gasteiger partial charge in [-0.15, -0.1) is 0 Å². The maximum absolute atomic E-state index is 11.7. The minimum atomic E-state index is -0.0429. The quantitative estimate of drug-likeness (QED) is 0.852. The largest absolute Gasteiger partial charge is 0.489 e. The molecule has 0 aliphatic rings. The highest BCUT2D eigenvalue weighted by Gasteiger charge is 2.07. The Labute approximate surface area is 112 Å². The van der Waals surface area contributed by atoms with Gasteiger partial charge in [-0.1, -0.05) is 25.1 Å². The third kappa shape index (κ3) is 2.87. The van der Waals surface area contributed by atoms with Crippen molar-refractivity contribution in [1.29, 1.82) is 0 Å². The molecule has 0 spiro atoms. The number of aryl methyl sites for hydroxylation is 2. The van der Waals surface area contributed by atoms with Crippen LogP contribution in [0, 0.1) is 13.8 Å². The number of hydrogen-bond donors (Lipinski definition) is 1. The van der Waals surface area contributed by atoms with E-state index >= 15 is 0 Å². The van der Waals surface area contributed by atoms with Crippen molar-refractivity contribution in [3.05, 3.63) is 51.8 Å². The van der Waals surface area contributed by atoms with Gasteiger partial charge in [0, 0.05) is 10.9 Å². The fraction of sp³-hybridized carbons (Fsp3) is 0.312. The van der Waals surface area contributed by atoms with Crippen LogP contribution >= 0.6 is 0 Å². The van der Waals surface area contributed by atoms with Crippen molar-refractivity contribution in [2.75, 3.05) is 6.61 Å². The number of nitrogens with one attached hydrogen (secondary N) is 1. The molecule has 19 heavy (non-hydrogen) atoms. The predicted molar refractivity (Wildman–Crippen MR) is 79.0 cm³/mol. The molecule has 1 N–H and O–H groups in total. The van der Waals surface area contributed by atoms with Crippen molar-refractivity contribution < 1.29 is 4.74 Å². The van der Waals surface area contributed by atoms with Crippen LogP contribution in [0.15, 0.2) is 35.1 Å². The third-order valence-corrected chi connectivity index (χ3v) is 3.11. The number of pyridine rings is 1. The molecule has 2 rings (SSSR count). The molecule has 1 aromatic carbocycles. The van der Waals surface area contributed by atoms with E-state index in [4.69, 9.17) is 4.74 Å². The molecule has 0 fully saturated rings. The molecule has 3 nitrogen and oxygen atoms in total. The smallest absolute Gasteiger partial charge is 0.251 e. The molecule has 100 valence electrons. The first-order valence-corrected chi connectivity index (χ1v) is 6.54. The highest BCUT2D eigenvalue weighted by atomic mass is 16.5. The summed E-state index contributed by atoms with van der Waals surface area (Å²) in [6.07, 6.45) is 5.08. The minimum Gasteiger partial charge on any atom is -0.489 e. The van der Waals surface area contributed by atoms with Crippen molar-refractivity contribution in [2.24, 2.45) is 0 Å². The first-order valence-electron chi connectivity index (χ1n) is 6.54. The van der Waals surface area contributed by atoms with E-state index in [0.29, 0.717) is 12.2 Å². The standard InChI is InChI=1S/C16H19NO2/c1-4-5-6-9-19-14-8-7-11(2)15-13(14)10-12(3)16(18)17-15/h5-8,10H,4,9H2,1-3H3,(H,17,18). The minimum absolute atomic E-state index is 0.0429. The lowest BCUT2D eigenvalue weighted by molar-refractivity contribution is 0.367. The number of fused-ring (bicyclic) bond motifs is 1. The fourth-order valence-electron chi connectivity index (χ4n) is 2.01. The Morgan fingerprint density at radius 3 is 2.74 bits per heavy atom. The summed E-state index contributed by atoms with van der Waals surface area (Å²) in [7, 11) is 0. The number of rotatable bonds is 4. The first kappa shape index (κ1) is 13.4. The van der Waals surface area contributed by atoms with E-state index in [1.165, 1.54) is 0 Å². The Morgan fingerprint density at radius 2 is 2.00 bits per heavy atom. The van der Waals surface area contributed by atoms with Crippen LogP contribution in [0.25, 0.3) is 10.9 Å². The zero-order valence-corrected chi connectivity index (χ0v) is 11.6. The summed E-state index contributed by atoms with van der Waals surface area (Å²) < 4.78 is 5.76. The topological polar surface area (TPSA) is 42.1 Å². The van der Waals surface area contributed by atoms with Gasteiger partial charge < -0.3 is 9.72 Å². The summed E-state index contributed by atoms with van der Waals surface area (Å²) in [5.41, 5.74) is 2.56. The van der Waals surface area contributed by atoms with Crippen molar-refractivity contribution in [1.82, 2.24) is 4.98 Å². The second-order valence-electron chi connectivity index (χ2n) is 4.64. The normalized spacial score (nSPS) is 11.3. The monoisotopic (exact) mass is 257 g/mol. The molecule has 1 aromatic heterocycles. The van der Waals surface area contributed by atoms with Crippen molar-refractivity contribution in [3.8, 4) is 5.75 Å². The average molecular weight is 257 g/mol. The summed E-state index contributed by atoms with van der Waals surface area (Å²) in [5.74, 6) is 0.806. The number of benzene rings is 1. The molecule has 2 aromatic rings. The van der Waals surface area contributed by atoms with Crippen LogP contribution in [-0.2, 0) is 0 Å². The lowest BCUT2D eigenvalue weighted by Crippen LogP contribution is -2.09. The lowest BCUT2D eigenvalue weighted by Gasteiger charge is -2.10. The Hall–Kier alpha value is -2.03. The van der Waals surface area contributed by atoms with Gasteiger partial charge in [0.05, 0.1) is 5.52 Å². The maximum atomic E-state index is 11.7. The zero-order chi connectivity index (χ0) is 13.8. The molecule has 0 amide bonds. The predicted octanol–water partition coefficient (Wildman–Crippen LogP) is 3.49. The molecule has 3 heteroatoms. The van der Waals surface area contributed by atoms with E-state index in [2.05, 4.69) is 18.0 Å². The Balaban J connectivity index is 2.44. The summed E-state index contributed by atoms with van der Waals surface area (Å²) >= 11 is 0. The van der Waals surface area contributed by atoms with Gasteiger partial charge >= 0.3 is 0 Å². The SMILES string of the molecule is CCC=CCOc1ccc(C)c2[nH]c(=O)c(C)cc12. The maximum Gasteiger partial charge on any atom is 0.251 e. The summed E-state index contributed by atoms with van der Waals surface area (Å²) in [4.78, 5) is 14.6. The summed E-state index contributed by atoms with van der Waals surface area (Å²) in [6, 6.07) is 5.81. The molecule has 0 atom stereocenters. The lowest BCUT2D eigenvalue weighted by atomic mass is 10.1. The number of hydrogen-bond acceptors (Lipinski definition) is 2. The van der Waals surface area contributed by atoms with Gasteiger partial charge in [-0.05, 0) is 38.0 Å². The molecular weight excluding hydrogens is 238 g/mol. The van der Waals surface area contributed by atoms with E-state index in [1.807, 2.05) is 31.2 Å². The number of ether oxygens (including phenoxy) is 1. The van der Waals surface area contributed by atoms with Crippen LogP contribution in [-0.4, -0.2) is 11.6 Å². The molecule has 0 saturated carbocycles. The molecule has 0 bridgehead atoms.